The fourth-order valence-corrected chi connectivity index (χ4v) is 5.00. The van der Waals surface area contributed by atoms with E-state index < -0.39 is 5.91 Å². The summed E-state index contributed by atoms with van der Waals surface area (Å²) < 4.78 is 7.17. The molecule has 10 nitrogen and oxygen atoms in total. The number of fused-ring (bicyclic) bond motifs is 6. The van der Waals surface area contributed by atoms with Crippen LogP contribution in [0.2, 0.25) is 0 Å². The van der Waals surface area contributed by atoms with E-state index in [0.717, 1.165) is 30.5 Å². The molecule has 2 N–H and O–H groups in total. The van der Waals surface area contributed by atoms with Gasteiger partial charge in [-0.15, -0.1) is 11.3 Å². The molecule has 11 heteroatoms. The Morgan fingerprint density at radius 3 is 2.83 bits per heavy atom. The first-order valence-corrected chi connectivity index (χ1v) is 12.6. The van der Waals surface area contributed by atoms with Crippen LogP contribution in [0.25, 0.3) is 10.6 Å². The lowest BCUT2D eigenvalue weighted by Crippen LogP contribution is -2.25. The van der Waals surface area contributed by atoms with Gasteiger partial charge in [0.2, 0.25) is 5.91 Å². The van der Waals surface area contributed by atoms with E-state index in [1.54, 1.807) is 22.5 Å². The van der Waals surface area contributed by atoms with Gasteiger partial charge in [0.1, 0.15) is 10.7 Å². The summed E-state index contributed by atoms with van der Waals surface area (Å²) in [7, 11) is 0. The molecule has 2 aliphatic rings. The van der Waals surface area contributed by atoms with E-state index in [4.69, 9.17) is 4.74 Å². The molecule has 2 aliphatic heterocycles. The quantitative estimate of drug-likeness (QED) is 0.532. The number of rotatable bonds is 1. The van der Waals surface area contributed by atoms with Gasteiger partial charge in [0, 0.05) is 61.6 Å². The summed E-state index contributed by atoms with van der Waals surface area (Å²) >= 11 is 1.37. The molecule has 3 aromatic heterocycles. The highest BCUT2D eigenvalue weighted by Gasteiger charge is 2.25. The van der Waals surface area contributed by atoms with Crippen LogP contribution in [0.15, 0.2) is 29.9 Å². The van der Waals surface area contributed by atoms with Gasteiger partial charge >= 0.3 is 0 Å². The Kier molecular flexibility index (Phi) is 6.96. The summed E-state index contributed by atoms with van der Waals surface area (Å²) in [6.07, 6.45) is 6.44. The van der Waals surface area contributed by atoms with Crippen molar-refractivity contribution in [3.8, 4) is 10.6 Å². The molecule has 5 heterocycles. The van der Waals surface area contributed by atoms with Crippen molar-refractivity contribution in [1.29, 1.82) is 0 Å². The van der Waals surface area contributed by atoms with Gasteiger partial charge < -0.3 is 15.4 Å². The van der Waals surface area contributed by atoms with Crippen LogP contribution in [-0.4, -0.2) is 57.1 Å². The van der Waals surface area contributed by atoms with Crippen LogP contribution < -0.4 is 10.6 Å². The van der Waals surface area contributed by atoms with Crippen molar-refractivity contribution in [2.24, 2.45) is 0 Å². The number of ketones is 1. The number of hydrogen-bond acceptors (Lipinski definition) is 8. The summed E-state index contributed by atoms with van der Waals surface area (Å²) in [6, 6.07) is 3.90. The lowest BCUT2D eigenvalue weighted by molar-refractivity contribution is -0.121. The van der Waals surface area contributed by atoms with Gasteiger partial charge in [-0.2, -0.15) is 5.10 Å². The molecule has 35 heavy (non-hydrogen) atoms. The molecule has 0 unspecified atom stereocenters. The maximum absolute atomic E-state index is 13.1. The molecule has 0 spiro atoms. The average molecular weight is 495 g/mol. The third-order valence-electron chi connectivity index (χ3n) is 6.12. The molecule has 0 aromatic carbocycles. The third kappa shape index (κ3) is 5.46. The first-order chi connectivity index (χ1) is 17.1. The normalized spacial score (nSPS) is 18.2. The highest BCUT2D eigenvalue weighted by molar-refractivity contribution is 7.13. The maximum Gasteiger partial charge on any atom is 0.275 e. The Hall–Kier alpha value is -3.44. The second-order valence-electron chi connectivity index (χ2n) is 8.62. The Morgan fingerprint density at radius 1 is 1.11 bits per heavy atom. The predicted octanol–water partition coefficient (Wildman–Crippen LogP) is 3.03. The number of aryl methyl sites for hydroxylation is 1. The Labute approximate surface area is 206 Å². The largest absolute Gasteiger partial charge is 0.381 e. The summed E-state index contributed by atoms with van der Waals surface area (Å²) in [5.41, 5.74) is 2.52. The van der Waals surface area contributed by atoms with Crippen LogP contribution in [0.3, 0.4) is 0 Å². The summed E-state index contributed by atoms with van der Waals surface area (Å²) in [4.78, 5) is 47.3. The van der Waals surface area contributed by atoms with Crippen LogP contribution in [0.4, 0.5) is 5.69 Å². The van der Waals surface area contributed by atoms with Gasteiger partial charge in [0.05, 0.1) is 11.7 Å². The maximum atomic E-state index is 13.1. The van der Waals surface area contributed by atoms with Crippen LogP contribution >= 0.6 is 11.3 Å². The predicted molar refractivity (Wildman–Crippen MR) is 130 cm³/mol. The first-order valence-electron chi connectivity index (χ1n) is 11.8. The minimum atomic E-state index is -0.416. The molecular formula is C24H26N6O4S. The second-order valence-corrected chi connectivity index (χ2v) is 9.48. The number of carbonyl (C=O) groups excluding carboxylic acids is 3. The van der Waals surface area contributed by atoms with Crippen molar-refractivity contribution >= 4 is 34.6 Å². The highest BCUT2D eigenvalue weighted by Crippen LogP contribution is 2.27. The third-order valence-corrected chi connectivity index (χ3v) is 7.01. The fourth-order valence-electron chi connectivity index (χ4n) is 4.20. The van der Waals surface area contributed by atoms with Gasteiger partial charge in [0.15, 0.2) is 11.5 Å². The summed E-state index contributed by atoms with van der Waals surface area (Å²) in [5.74, 6) is -0.897. The van der Waals surface area contributed by atoms with Crippen LogP contribution in [0.5, 0.6) is 0 Å². The zero-order chi connectivity index (χ0) is 24.2. The molecule has 182 valence electrons. The molecule has 2 amide bonds. The molecule has 1 saturated heterocycles. The number of Topliss-reactive ketones (excluding diaryl/α,β-unsaturated/α-hetero) is 1. The number of thiazole rings is 1. The van der Waals surface area contributed by atoms with Gasteiger partial charge in [-0.3, -0.25) is 24.0 Å². The average Bonchev–Trinajstić information content (AvgIpc) is 3.54. The van der Waals surface area contributed by atoms with Gasteiger partial charge in [-0.1, -0.05) is 0 Å². The van der Waals surface area contributed by atoms with Crippen LogP contribution in [0, 0.1) is 0 Å². The minimum absolute atomic E-state index is 0.00391. The van der Waals surface area contributed by atoms with Crippen LogP contribution in [0.1, 0.15) is 64.8 Å². The number of ether oxygens (including phenoxy) is 1. The van der Waals surface area contributed by atoms with E-state index in [1.165, 1.54) is 11.3 Å². The van der Waals surface area contributed by atoms with Gasteiger partial charge in [-0.05, 0) is 37.8 Å². The molecule has 3 aromatic rings. The molecule has 4 bridgehead atoms. The smallest absolute Gasteiger partial charge is 0.275 e. The number of nitrogens with zero attached hydrogens (tertiary/aromatic N) is 4. The number of aromatic nitrogens is 4. The van der Waals surface area contributed by atoms with E-state index in [-0.39, 0.29) is 42.0 Å². The zero-order valence-electron chi connectivity index (χ0n) is 19.2. The molecule has 0 atom stereocenters. The molecule has 5 rings (SSSR count). The van der Waals surface area contributed by atoms with Crippen molar-refractivity contribution < 1.29 is 19.1 Å². The number of nitrogens with one attached hydrogen (secondary N) is 2. The molecule has 0 radical (unpaired) electrons. The number of carbonyl (C=O) groups is 3. The molecule has 0 aliphatic carbocycles. The summed E-state index contributed by atoms with van der Waals surface area (Å²) in [6.45, 7) is 1.74. The van der Waals surface area contributed by atoms with Crippen molar-refractivity contribution in [1.82, 2.24) is 25.1 Å². The Balaban J connectivity index is 1.46. The topological polar surface area (TPSA) is 128 Å². The van der Waals surface area contributed by atoms with E-state index in [0.29, 0.717) is 36.9 Å². The number of amides is 2. The Bertz CT molecular complexity index is 1250. The first kappa shape index (κ1) is 23.3. The zero-order valence-corrected chi connectivity index (χ0v) is 20.0. The van der Waals surface area contributed by atoms with Crippen LogP contribution in [-0.2, 0) is 16.0 Å². The second kappa shape index (κ2) is 10.4. The van der Waals surface area contributed by atoms with E-state index in [9.17, 15) is 14.4 Å². The Morgan fingerprint density at radius 2 is 1.97 bits per heavy atom. The lowest BCUT2D eigenvalue weighted by Gasteiger charge is -2.22. The monoisotopic (exact) mass is 494 g/mol. The van der Waals surface area contributed by atoms with Crippen molar-refractivity contribution in [3.63, 3.8) is 0 Å². The lowest BCUT2D eigenvalue weighted by atomic mass is 10.1. The van der Waals surface area contributed by atoms with E-state index in [2.05, 4.69) is 25.7 Å². The van der Waals surface area contributed by atoms with Gasteiger partial charge in [-0.25, -0.2) is 4.98 Å². The van der Waals surface area contributed by atoms with Gasteiger partial charge in [0.25, 0.3) is 5.91 Å². The molecule has 1 fully saturated rings. The molecular weight excluding hydrogens is 468 g/mol. The highest BCUT2D eigenvalue weighted by atomic mass is 32.1. The van der Waals surface area contributed by atoms with Crippen molar-refractivity contribution in [2.75, 3.05) is 25.1 Å². The number of pyridine rings is 1. The number of anilines is 1. The van der Waals surface area contributed by atoms with E-state index >= 15 is 0 Å². The summed E-state index contributed by atoms with van der Waals surface area (Å²) in [5, 5.41) is 12.6. The number of hydrogen-bond donors (Lipinski definition) is 2. The van der Waals surface area contributed by atoms with Crippen molar-refractivity contribution in [3.05, 3.63) is 47.0 Å². The fraction of sp³-hybridized carbons (Fsp3) is 0.417. The molecule has 0 saturated carbocycles. The van der Waals surface area contributed by atoms with Crippen molar-refractivity contribution in [2.45, 2.75) is 44.6 Å². The minimum Gasteiger partial charge on any atom is -0.381 e. The van der Waals surface area contributed by atoms with E-state index in [1.807, 2.05) is 12.1 Å². The standard InChI is InChI=1S/C24H26N6O4S/c31-20-3-4-21(32)26-8-1-2-16-12-15(5-9-25-16)24-28-19(14-35-24)23(33)27-18-13-30(29-22(18)20)17-6-10-34-11-7-17/h5,9,12-14,17H,1-4,6-8,10-11H2,(H,26,32)(H,27,33). The SMILES string of the molecule is O=C1CCC(=O)c2nn(C3CCOCC3)cc2NC(=O)c2csc(n2)-c2ccnc(c2)CCCN1.